The van der Waals surface area contributed by atoms with E-state index >= 15 is 0 Å². The molecular formula is C18H16N4O3S. The number of nitrogens with zero attached hydrogens (tertiary/aromatic N) is 2. The van der Waals surface area contributed by atoms with Crippen LogP contribution in [0, 0.1) is 13.8 Å². The average molecular weight is 368 g/mol. The van der Waals surface area contributed by atoms with Crippen LogP contribution in [0.4, 0.5) is 5.69 Å². The summed E-state index contributed by atoms with van der Waals surface area (Å²) < 4.78 is 10.7. The highest BCUT2D eigenvalue weighted by molar-refractivity contribution is 7.80. The lowest BCUT2D eigenvalue weighted by molar-refractivity contribution is 0.0976. The van der Waals surface area contributed by atoms with E-state index in [1.807, 2.05) is 12.1 Å². The van der Waals surface area contributed by atoms with Crippen molar-refractivity contribution in [2.24, 2.45) is 0 Å². The molecule has 0 aliphatic carbocycles. The van der Waals surface area contributed by atoms with E-state index < -0.39 is 0 Å². The van der Waals surface area contributed by atoms with Gasteiger partial charge in [0, 0.05) is 24.0 Å². The number of nitrogens with one attached hydrogen (secondary N) is 2. The van der Waals surface area contributed by atoms with Gasteiger partial charge in [0.05, 0.1) is 5.69 Å². The number of hydrogen-bond acceptors (Lipinski definition) is 6. The summed E-state index contributed by atoms with van der Waals surface area (Å²) in [6.07, 6.45) is 1.65. The van der Waals surface area contributed by atoms with Gasteiger partial charge in [-0.2, -0.15) is 0 Å². The van der Waals surface area contributed by atoms with Gasteiger partial charge in [-0.1, -0.05) is 17.3 Å². The highest BCUT2D eigenvalue weighted by Gasteiger charge is 2.18. The van der Waals surface area contributed by atoms with E-state index in [0.717, 1.165) is 0 Å². The van der Waals surface area contributed by atoms with Gasteiger partial charge in [-0.3, -0.25) is 10.1 Å². The monoisotopic (exact) mass is 368 g/mol. The normalized spacial score (nSPS) is 10.2. The Morgan fingerprint density at radius 1 is 1.19 bits per heavy atom. The summed E-state index contributed by atoms with van der Waals surface area (Å²) in [6, 6.07) is 12.6. The van der Waals surface area contributed by atoms with E-state index in [2.05, 4.69) is 20.8 Å². The Kier molecular flexibility index (Phi) is 5.23. The van der Waals surface area contributed by atoms with Gasteiger partial charge < -0.3 is 14.6 Å². The molecule has 1 aromatic carbocycles. The molecule has 7 nitrogen and oxygen atoms in total. The first-order chi connectivity index (χ1) is 12.5. The summed E-state index contributed by atoms with van der Waals surface area (Å²) in [5, 5.41) is 9.47. The number of benzene rings is 1. The maximum atomic E-state index is 12.3. The molecule has 26 heavy (non-hydrogen) atoms. The Morgan fingerprint density at radius 2 is 2.04 bits per heavy atom. The lowest BCUT2D eigenvalue weighted by Crippen LogP contribution is -2.34. The fourth-order valence-electron chi connectivity index (χ4n) is 2.30. The van der Waals surface area contributed by atoms with Gasteiger partial charge >= 0.3 is 0 Å². The molecule has 2 N–H and O–H groups in total. The lowest BCUT2D eigenvalue weighted by Gasteiger charge is -2.11. The maximum absolute atomic E-state index is 12.3. The van der Waals surface area contributed by atoms with E-state index in [4.69, 9.17) is 21.5 Å². The first kappa shape index (κ1) is 17.6. The Labute approximate surface area is 155 Å². The lowest BCUT2D eigenvalue weighted by atomic mass is 10.2. The number of carbonyl (C=O) groups is 1. The summed E-state index contributed by atoms with van der Waals surface area (Å²) >= 11 is 5.20. The zero-order valence-corrected chi connectivity index (χ0v) is 15.0. The minimum atomic E-state index is -0.375. The first-order valence-electron chi connectivity index (χ1n) is 7.77. The van der Waals surface area contributed by atoms with Crippen molar-refractivity contribution in [3.05, 3.63) is 65.7 Å². The quantitative estimate of drug-likeness (QED) is 0.680. The number of ether oxygens (including phenoxy) is 1. The molecule has 3 aromatic rings. The molecular weight excluding hydrogens is 352 g/mol. The van der Waals surface area contributed by atoms with E-state index in [1.54, 1.807) is 50.4 Å². The third kappa shape index (κ3) is 4.22. The summed E-state index contributed by atoms with van der Waals surface area (Å²) in [6.45, 7) is 3.37. The van der Waals surface area contributed by atoms with Crippen molar-refractivity contribution in [2.45, 2.75) is 13.8 Å². The fraction of sp³-hybridized carbons (Fsp3) is 0.111. The van der Waals surface area contributed by atoms with Crippen LogP contribution in [0.3, 0.4) is 0 Å². The van der Waals surface area contributed by atoms with Gasteiger partial charge in [-0.05, 0) is 44.3 Å². The van der Waals surface area contributed by atoms with Crippen LogP contribution >= 0.6 is 12.2 Å². The van der Waals surface area contributed by atoms with Crippen molar-refractivity contribution in [1.82, 2.24) is 15.5 Å². The molecule has 0 saturated heterocycles. The van der Waals surface area contributed by atoms with Gasteiger partial charge in [0.25, 0.3) is 5.91 Å². The Hall–Kier alpha value is -3.26. The molecule has 8 heteroatoms. The first-order valence-corrected chi connectivity index (χ1v) is 8.18. The highest BCUT2D eigenvalue weighted by atomic mass is 32.1. The van der Waals surface area contributed by atoms with Crippen LogP contribution in [0.1, 0.15) is 21.8 Å². The van der Waals surface area contributed by atoms with Crippen LogP contribution in [0.15, 0.2) is 53.2 Å². The molecule has 2 aromatic heterocycles. The number of rotatable bonds is 4. The molecule has 0 unspecified atom stereocenters. The highest BCUT2D eigenvalue weighted by Crippen LogP contribution is 2.22. The molecule has 0 spiro atoms. The second-order valence-electron chi connectivity index (χ2n) is 5.41. The predicted molar refractivity (Wildman–Crippen MR) is 100 cm³/mol. The molecule has 0 saturated carbocycles. The van der Waals surface area contributed by atoms with Crippen LogP contribution in [0.25, 0.3) is 0 Å². The largest absolute Gasteiger partial charge is 0.439 e. The molecule has 0 aliphatic heterocycles. The van der Waals surface area contributed by atoms with Crippen LogP contribution in [-0.2, 0) is 0 Å². The Bertz CT molecular complexity index is 921. The number of amides is 1. The van der Waals surface area contributed by atoms with Crippen LogP contribution in [0.5, 0.6) is 11.6 Å². The van der Waals surface area contributed by atoms with E-state index in [1.165, 1.54) is 0 Å². The second kappa shape index (κ2) is 7.75. The number of anilines is 1. The van der Waals surface area contributed by atoms with Crippen molar-refractivity contribution in [2.75, 3.05) is 5.32 Å². The third-order valence-electron chi connectivity index (χ3n) is 3.44. The molecule has 2 heterocycles. The van der Waals surface area contributed by atoms with Crippen molar-refractivity contribution in [3.8, 4) is 11.6 Å². The molecule has 0 bridgehead atoms. The zero-order valence-electron chi connectivity index (χ0n) is 14.1. The number of thiocarbonyl (C=S) groups is 1. The standard InChI is InChI=1S/C18H16N4O3S/c1-11-16(12(2)25-22-11)17(23)21-18(26)20-13-6-5-7-14(10-13)24-15-8-3-4-9-19-15/h3-10H,1-2H3,(H2,20,21,23,26). The number of aromatic nitrogens is 2. The Morgan fingerprint density at radius 3 is 2.73 bits per heavy atom. The number of aryl methyl sites for hydroxylation is 2. The van der Waals surface area contributed by atoms with Gasteiger partial charge in [0.15, 0.2) is 5.11 Å². The van der Waals surface area contributed by atoms with Crippen molar-refractivity contribution < 1.29 is 14.1 Å². The SMILES string of the molecule is Cc1noc(C)c1C(=O)NC(=S)Nc1cccc(Oc2ccccn2)c1. The molecule has 0 fully saturated rings. The summed E-state index contributed by atoms with van der Waals surface area (Å²) in [5.41, 5.74) is 1.55. The molecule has 3 rings (SSSR count). The predicted octanol–water partition coefficient (Wildman–Crippen LogP) is 3.61. The van der Waals surface area contributed by atoms with Gasteiger partial charge in [0.2, 0.25) is 5.88 Å². The van der Waals surface area contributed by atoms with Crippen molar-refractivity contribution in [3.63, 3.8) is 0 Å². The second-order valence-corrected chi connectivity index (χ2v) is 5.81. The van der Waals surface area contributed by atoms with E-state index in [-0.39, 0.29) is 11.0 Å². The van der Waals surface area contributed by atoms with E-state index in [9.17, 15) is 4.79 Å². The van der Waals surface area contributed by atoms with Crippen LogP contribution in [0.2, 0.25) is 0 Å². The number of carbonyl (C=O) groups excluding carboxylic acids is 1. The average Bonchev–Trinajstić information content (AvgIpc) is 2.94. The Balaban J connectivity index is 1.64. The number of hydrogen-bond donors (Lipinski definition) is 2. The van der Waals surface area contributed by atoms with E-state index in [0.29, 0.717) is 34.3 Å². The van der Waals surface area contributed by atoms with Gasteiger partial charge in [-0.25, -0.2) is 4.98 Å². The van der Waals surface area contributed by atoms with Crippen molar-refractivity contribution >= 4 is 28.9 Å². The molecule has 132 valence electrons. The minimum absolute atomic E-state index is 0.157. The summed E-state index contributed by atoms with van der Waals surface area (Å²) in [4.78, 5) is 16.4. The maximum Gasteiger partial charge on any atom is 0.262 e. The summed E-state index contributed by atoms with van der Waals surface area (Å²) in [7, 11) is 0. The number of pyridine rings is 1. The fourth-order valence-corrected chi connectivity index (χ4v) is 2.51. The minimum Gasteiger partial charge on any atom is -0.439 e. The van der Waals surface area contributed by atoms with Crippen molar-refractivity contribution in [1.29, 1.82) is 0 Å². The zero-order chi connectivity index (χ0) is 18.5. The molecule has 0 radical (unpaired) electrons. The van der Waals surface area contributed by atoms with Crippen LogP contribution < -0.4 is 15.4 Å². The summed E-state index contributed by atoms with van der Waals surface area (Å²) in [5.74, 6) is 1.14. The molecule has 0 atom stereocenters. The van der Waals surface area contributed by atoms with Gasteiger partial charge in [0.1, 0.15) is 17.1 Å². The van der Waals surface area contributed by atoms with Gasteiger partial charge in [-0.15, -0.1) is 0 Å². The molecule has 0 aliphatic rings. The van der Waals surface area contributed by atoms with Crippen LogP contribution in [-0.4, -0.2) is 21.2 Å². The third-order valence-corrected chi connectivity index (χ3v) is 3.64. The smallest absolute Gasteiger partial charge is 0.262 e. The molecule has 1 amide bonds. The topological polar surface area (TPSA) is 89.3 Å².